The lowest BCUT2D eigenvalue weighted by Gasteiger charge is -2.10. The van der Waals surface area contributed by atoms with E-state index in [1.807, 2.05) is 0 Å². The molecule has 0 spiro atoms. The molecule has 4 nitrogen and oxygen atoms in total. The van der Waals surface area contributed by atoms with Crippen LogP contribution in [0.2, 0.25) is 0 Å². The van der Waals surface area contributed by atoms with Crippen LogP contribution in [0.25, 0.3) is 0 Å². The van der Waals surface area contributed by atoms with Crippen molar-refractivity contribution in [3.05, 3.63) is 0 Å². The maximum atomic E-state index is 11.4. The van der Waals surface area contributed by atoms with E-state index in [1.54, 1.807) is 0 Å². The molecule has 2 N–H and O–H groups in total. The summed E-state index contributed by atoms with van der Waals surface area (Å²) in [4.78, 5) is 11.4. The molecule has 90 valence electrons. The first-order chi connectivity index (χ1) is 6.84. The zero-order valence-corrected chi connectivity index (χ0v) is 10.1. The maximum absolute atomic E-state index is 11.4. The summed E-state index contributed by atoms with van der Waals surface area (Å²) in [5.41, 5.74) is 0. The monoisotopic (exact) mass is 236 g/mol. The normalized spacial score (nSPS) is 19.7. The lowest BCUT2D eigenvalue weighted by molar-refractivity contribution is -0.129. The van der Waals surface area contributed by atoms with E-state index in [2.05, 4.69) is 17.6 Å². The quantitative estimate of drug-likeness (QED) is 0.668. The minimum absolute atomic E-state index is 0. The minimum atomic E-state index is -0.193. The Hall–Kier alpha value is -0.320. The van der Waals surface area contributed by atoms with E-state index >= 15 is 0 Å². The van der Waals surface area contributed by atoms with E-state index in [-0.39, 0.29) is 24.4 Å². The van der Waals surface area contributed by atoms with Crippen molar-refractivity contribution >= 4 is 18.3 Å². The lowest BCUT2D eigenvalue weighted by Crippen LogP contribution is -2.38. The Morgan fingerprint density at radius 1 is 1.40 bits per heavy atom. The van der Waals surface area contributed by atoms with Gasteiger partial charge >= 0.3 is 0 Å². The van der Waals surface area contributed by atoms with Crippen molar-refractivity contribution in [2.24, 2.45) is 0 Å². The predicted molar refractivity (Wildman–Crippen MR) is 62.4 cm³/mol. The Bertz CT molecular complexity index is 173. The second kappa shape index (κ2) is 8.95. The molecule has 5 heteroatoms. The highest BCUT2D eigenvalue weighted by Crippen LogP contribution is 2.11. The van der Waals surface area contributed by atoms with Crippen molar-refractivity contribution in [2.45, 2.75) is 32.3 Å². The molecule has 0 bridgehead atoms. The molecule has 1 fully saturated rings. The highest BCUT2D eigenvalue weighted by atomic mass is 35.5. The highest BCUT2D eigenvalue weighted by Gasteiger charge is 2.22. The highest BCUT2D eigenvalue weighted by molar-refractivity contribution is 5.85. The van der Waals surface area contributed by atoms with Gasteiger partial charge in [-0.15, -0.1) is 12.4 Å². The van der Waals surface area contributed by atoms with Gasteiger partial charge in [0.2, 0.25) is 5.91 Å². The van der Waals surface area contributed by atoms with Gasteiger partial charge < -0.3 is 15.4 Å². The molecule has 15 heavy (non-hydrogen) atoms. The van der Waals surface area contributed by atoms with Crippen molar-refractivity contribution < 1.29 is 9.53 Å². The smallest absolute Gasteiger partial charge is 0.249 e. The van der Waals surface area contributed by atoms with Crippen molar-refractivity contribution in [2.75, 3.05) is 26.2 Å². The fraction of sp³-hybridized carbons (Fsp3) is 0.900. The standard InChI is InChI=1S/C10H20N2O2.ClH/c1-2-5-11-6-7-12-10(13)9-4-3-8-14-9;/h9,11H,2-8H2,1H3,(H,12,13);1H/t9-;/m1./s1. The summed E-state index contributed by atoms with van der Waals surface area (Å²) < 4.78 is 5.26. The molecule has 0 aromatic heterocycles. The number of hydrogen-bond donors (Lipinski definition) is 2. The van der Waals surface area contributed by atoms with Gasteiger partial charge in [0.1, 0.15) is 6.10 Å². The molecule has 1 aliphatic rings. The Morgan fingerprint density at radius 3 is 2.80 bits per heavy atom. The number of rotatable bonds is 6. The molecule has 1 aliphatic heterocycles. The second-order valence-electron chi connectivity index (χ2n) is 3.54. The summed E-state index contributed by atoms with van der Waals surface area (Å²) in [6.07, 6.45) is 2.81. The number of amides is 1. The van der Waals surface area contributed by atoms with Crippen molar-refractivity contribution in [1.29, 1.82) is 0 Å². The molecule has 0 unspecified atom stereocenters. The fourth-order valence-corrected chi connectivity index (χ4v) is 1.47. The number of ether oxygens (including phenoxy) is 1. The van der Waals surface area contributed by atoms with Crippen LogP contribution in [0.1, 0.15) is 26.2 Å². The zero-order chi connectivity index (χ0) is 10.2. The number of carbonyl (C=O) groups is 1. The predicted octanol–water partition coefficient (Wildman–Crippen LogP) is 0.703. The summed E-state index contributed by atoms with van der Waals surface area (Å²) in [6, 6.07) is 0. The van der Waals surface area contributed by atoms with Crippen LogP contribution in [0, 0.1) is 0 Å². The average Bonchev–Trinajstić information content (AvgIpc) is 2.70. The summed E-state index contributed by atoms with van der Waals surface area (Å²) in [5, 5.41) is 6.08. The molecule has 1 rings (SSSR count). The van der Waals surface area contributed by atoms with Gasteiger partial charge in [-0.05, 0) is 25.8 Å². The summed E-state index contributed by atoms with van der Waals surface area (Å²) in [7, 11) is 0. The maximum Gasteiger partial charge on any atom is 0.249 e. The van der Waals surface area contributed by atoms with Gasteiger partial charge in [-0.1, -0.05) is 6.92 Å². The van der Waals surface area contributed by atoms with Gasteiger partial charge in [-0.25, -0.2) is 0 Å². The van der Waals surface area contributed by atoms with Crippen LogP contribution in [0.5, 0.6) is 0 Å². The third-order valence-electron chi connectivity index (χ3n) is 2.25. The first-order valence-electron chi connectivity index (χ1n) is 5.44. The van der Waals surface area contributed by atoms with Crippen molar-refractivity contribution in [1.82, 2.24) is 10.6 Å². The number of carbonyl (C=O) groups excluding carboxylic acids is 1. The molecule has 0 aromatic carbocycles. The van der Waals surface area contributed by atoms with Crippen LogP contribution in [-0.2, 0) is 9.53 Å². The molecule has 0 radical (unpaired) electrons. The number of halogens is 1. The first kappa shape index (κ1) is 14.7. The molecule has 1 amide bonds. The lowest BCUT2D eigenvalue weighted by atomic mass is 10.2. The molecule has 0 aromatic rings. The van der Waals surface area contributed by atoms with Gasteiger partial charge in [0, 0.05) is 19.7 Å². The SMILES string of the molecule is CCCNCCNC(=O)[C@H]1CCCO1.Cl. The second-order valence-corrected chi connectivity index (χ2v) is 3.54. The van der Waals surface area contributed by atoms with Crippen LogP contribution in [0.15, 0.2) is 0 Å². The average molecular weight is 237 g/mol. The van der Waals surface area contributed by atoms with E-state index in [4.69, 9.17) is 4.74 Å². The zero-order valence-electron chi connectivity index (χ0n) is 9.25. The summed E-state index contributed by atoms with van der Waals surface area (Å²) >= 11 is 0. The molecule has 1 saturated heterocycles. The summed E-state index contributed by atoms with van der Waals surface area (Å²) in [5.74, 6) is 0.0424. The van der Waals surface area contributed by atoms with E-state index < -0.39 is 0 Å². The Balaban J connectivity index is 0.00000196. The van der Waals surface area contributed by atoms with Crippen LogP contribution >= 0.6 is 12.4 Å². The van der Waals surface area contributed by atoms with Gasteiger partial charge in [0.15, 0.2) is 0 Å². The van der Waals surface area contributed by atoms with Gasteiger partial charge in [-0.2, -0.15) is 0 Å². The van der Waals surface area contributed by atoms with Crippen LogP contribution in [-0.4, -0.2) is 38.3 Å². The largest absolute Gasteiger partial charge is 0.368 e. The Labute approximate surface area is 97.5 Å². The number of hydrogen-bond acceptors (Lipinski definition) is 3. The van der Waals surface area contributed by atoms with Crippen LogP contribution in [0.4, 0.5) is 0 Å². The number of nitrogens with one attached hydrogen (secondary N) is 2. The van der Waals surface area contributed by atoms with Crippen molar-refractivity contribution in [3.63, 3.8) is 0 Å². The van der Waals surface area contributed by atoms with Gasteiger partial charge in [0.05, 0.1) is 0 Å². The fourth-order valence-electron chi connectivity index (χ4n) is 1.47. The van der Waals surface area contributed by atoms with Crippen LogP contribution in [0.3, 0.4) is 0 Å². The van der Waals surface area contributed by atoms with E-state index in [9.17, 15) is 4.79 Å². The Morgan fingerprint density at radius 2 is 2.20 bits per heavy atom. The van der Waals surface area contributed by atoms with Gasteiger partial charge in [0.25, 0.3) is 0 Å². The molecule has 1 heterocycles. The Kier molecular flexibility index (Phi) is 8.76. The van der Waals surface area contributed by atoms with E-state index in [1.165, 1.54) is 0 Å². The van der Waals surface area contributed by atoms with Gasteiger partial charge in [-0.3, -0.25) is 4.79 Å². The first-order valence-corrected chi connectivity index (χ1v) is 5.44. The van der Waals surface area contributed by atoms with E-state index in [0.29, 0.717) is 6.54 Å². The third kappa shape index (κ3) is 5.97. The molecular formula is C10H21ClN2O2. The van der Waals surface area contributed by atoms with Crippen LogP contribution < -0.4 is 10.6 Å². The minimum Gasteiger partial charge on any atom is -0.368 e. The third-order valence-corrected chi connectivity index (χ3v) is 2.25. The molecule has 1 atom stereocenters. The van der Waals surface area contributed by atoms with E-state index in [0.717, 1.165) is 39.0 Å². The molecule has 0 saturated carbocycles. The molecular weight excluding hydrogens is 216 g/mol. The summed E-state index contributed by atoms with van der Waals surface area (Å²) in [6.45, 7) is 5.39. The topological polar surface area (TPSA) is 50.4 Å². The van der Waals surface area contributed by atoms with Crippen molar-refractivity contribution in [3.8, 4) is 0 Å². The molecule has 0 aliphatic carbocycles.